The van der Waals surface area contributed by atoms with Crippen LogP contribution in [0.3, 0.4) is 0 Å². The molecule has 0 nitrogen and oxygen atoms in total. The molecule has 0 fully saturated rings. The maximum Gasteiger partial charge on any atom is -0.0102 e. The fraction of sp³-hybridized carbons (Fsp3) is 0.300. The zero-order chi connectivity index (χ0) is 13.7. The molecule has 0 bridgehead atoms. The summed E-state index contributed by atoms with van der Waals surface area (Å²) in [6.07, 6.45) is 3.74. The topological polar surface area (TPSA) is 0 Å². The van der Waals surface area contributed by atoms with Gasteiger partial charge in [0.25, 0.3) is 0 Å². The lowest BCUT2D eigenvalue weighted by Crippen LogP contribution is -2.22. The molecule has 1 aliphatic carbocycles. The number of rotatable bonds is 0. The van der Waals surface area contributed by atoms with Crippen molar-refractivity contribution in [3.8, 4) is 0 Å². The third-order valence-corrected chi connectivity index (χ3v) is 4.86. The molecule has 0 radical (unpaired) electrons. The van der Waals surface area contributed by atoms with Crippen molar-refractivity contribution >= 4 is 21.5 Å². The van der Waals surface area contributed by atoms with E-state index in [1.54, 1.807) is 11.1 Å². The van der Waals surface area contributed by atoms with Crippen molar-refractivity contribution in [2.45, 2.75) is 33.1 Å². The molecule has 3 aromatic rings. The van der Waals surface area contributed by atoms with Gasteiger partial charge in [-0.1, -0.05) is 62.4 Å². The van der Waals surface area contributed by atoms with Crippen LogP contribution in [0.15, 0.2) is 48.5 Å². The lowest BCUT2D eigenvalue weighted by molar-refractivity contribution is 0.317. The molecule has 0 saturated heterocycles. The molecular formula is C20H20. The van der Waals surface area contributed by atoms with Crippen LogP contribution in [0, 0.1) is 5.41 Å². The highest BCUT2D eigenvalue weighted by Gasteiger charge is 2.26. The summed E-state index contributed by atoms with van der Waals surface area (Å²) in [7, 11) is 0. The first-order valence-corrected chi connectivity index (χ1v) is 7.56. The quantitative estimate of drug-likeness (QED) is 0.468. The van der Waals surface area contributed by atoms with E-state index in [1.807, 2.05) is 0 Å². The number of hydrogen-bond acceptors (Lipinski definition) is 0. The molecule has 0 heteroatoms. The predicted molar refractivity (Wildman–Crippen MR) is 87.3 cm³/mol. The Bertz CT molecular complexity index is 809. The van der Waals surface area contributed by atoms with E-state index >= 15 is 0 Å². The van der Waals surface area contributed by atoms with Crippen LogP contribution in [0.1, 0.15) is 31.4 Å². The molecule has 0 atom stereocenters. The average molecular weight is 260 g/mol. The SMILES string of the molecule is CC1(C)CCc2ccc3c(ccc4ccccc43)c2C1. The number of aryl methyl sites for hydroxylation is 1. The van der Waals surface area contributed by atoms with Crippen LogP contribution in [0.2, 0.25) is 0 Å². The molecule has 100 valence electrons. The van der Waals surface area contributed by atoms with Crippen LogP contribution in [-0.4, -0.2) is 0 Å². The first kappa shape index (κ1) is 12.0. The lowest BCUT2D eigenvalue weighted by atomic mass is 9.73. The van der Waals surface area contributed by atoms with E-state index in [2.05, 4.69) is 62.4 Å². The second-order valence-electron chi connectivity index (χ2n) is 6.93. The molecule has 0 saturated carbocycles. The third-order valence-electron chi connectivity index (χ3n) is 4.86. The summed E-state index contributed by atoms with van der Waals surface area (Å²) >= 11 is 0. The van der Waals surface area contributed by atoms with E-state index in [0.717, 1.165) is 0 Å². The Hall–Kier alpha value is -1.82. The van der Waals surface area contributed by atoms with Crippen LogP contribution in [-0.2, 0) is 12.8 Å². The number of fused-ring (bicyclic) bond motifs is 5. The van der Waals surface area contributed by atoms with Gasteiger partial charge in [0, 0.05) is 0 Å². The lowest BCUT2D eigenvalue weighted by Gasteiger charge is -2.32. The van der Waals surface area contributed by atoms with Gasteiger partial charge in [0.05, 0.1) is 0 Å². The zero-order valence-electron chi connectivity index (χ0n) is 12.2. The van der Waals surface area contributed by atoms with Crippen molar-refractivity contribution in [1.29, 1.82) is 0 Å². The van der Waals surface area contributed by atoms with Gasteiger partial charge >= 0.3 is 0 Å². The first-order chi connectivity index (χ1) is 9.64. The average Bonchev–Trinajstić information content (AvgIpc) is 2.45. The van der Waals surface area contributed by atoms with E-state index in [-0.39, 0.29) is 0 Å². The predicted octanol–water partition coefficient (Wildman–Crippen LogP) is 5.51. The molecule has 0 heterocycles. The molecule has 0 aromatic heterocycles. The van der Waals surface area contributed by atoms with Gasteiger partial charge in [-0.2, -0.15) is 0 Å². The minimum atomic E-state index is 0.437. The Morgan fingerprint density at radius 1 is 0.800 bits per heavy atom. The Balaban J connectivity index is 2.07. The van der Waals surface area contributed by atoms with Gasteiger partial charge in [0.2, 0.25) is 0 Å². The van der Waals surface area contributed by atoms with Crippen LogP contribution >= 0.6 is 0 Å². The highest BCUT2D eigenvalue weighted by atomic mass is 14.3. The Morgan fingerprint density at radius 3 is 2.50 bits per heavy atom. The maximum atomic E-state index is 2.40. The summed E-state index contributed by atoms with van der Waals surface area (Å²) in [4.78, 5) is 0. The van der Waals surface area contributed by atoms with E-state index < -0.39 is 0 Å². The Kier molecular flexibility index (Phi) is 2.44. The van der Waals surface area contributed by atoms with E-state index in [4.69, 9.17) is 0 Å². The van der Waals surface area contributed by atoms with Crippen molar-refractivity contribution in [3.63, 3.8) is 0 Å². The van der Waals surface area contributed by atoms with Gasteiger partial charge in [-0.15, -0.1) is 0 Å². The summed E-state index contributed by atoms with van der Waals surface area (Å²) in [6, 6.07) is 18.0. The first-order valence-electron chi connectivity index (χ1n) is 7.56. The van der Waals surface area contributed by atoms with Crippen molar-refractivity contribution in [2.24, 2.45) is 5.41 Å². The molecule has 0 spiro atoms. The standard InChI is InChI=1S/C20H20/c1-20(2)12-11-15-8-9-17-16-6-4-3-5-14(16)7-10-18(17)19(15)13-20/h3-10H,11-13H2,1-2H3. The molecular weight excluding hydrogens is 240 g/mol. The van der Waals surface area contributed by atoms with E-state index in [0.29, 0.717) is 5.41 Å². The Labute approximate surface area is 120 Å². The molecule has 4 rings (SSSR count). The van der Waals surface area contributed by atoms with Crippen LogP contribution < -0.4 is 0 Å². The molecule has 0 amide bonds. The second-order valence-corrected chi connectivity index (χ2v) is 6.93. The van der Waals surface area contributed by atoms with E-state index in [1.165, 1.54) is 40.8 Å². The number of benzene rings is 3. The van der Waals surface area contributed by atoms with Gasteiger partial charge in [-0.3, -0.25) is 0 Å². The fourth-order valence-corrected chi connectivity index (χ4v) is 3.68. The molecule has 0 aliphatic heterocycles. The van der Waals surface area contributed by atoms with Gasteiger partial charge < -0.3 is 0 Å². The zero-order valence-corrected chi connectivity index (χ0v) is 12.2. The summed E-state index contributed by atoms with van der Waals surface area (Å²) in [6.45, 7) is 4.80. The molecule has 20 heavy (non-hydrogen) atoms. The minimum absolute atomic E-state index is 0.437. The summed E-state index contributed by atoms with van der Waals surface area (Å²) < 4.78 is 0. The minimum Gasteiger partial charge on any atom is -0.0616 e. The highest BCUT2D eigenvalue weighted by Crippen LogP contribution is 2.39. The summed E-state index contributed by atoms with van der Waals surface area (Å²) in [5.74, 6) is 0. The van der Waals surface area contributed by atoms with Crippen molar-refractivity contribution < 1.29 is 0 Å². The van der Waals surface area contributed by atoms with Crippen molar-refractivity contribution in [2.75, 3.05) is 0 Å². The highest BCUT2D eigenvalue weighted by molar-refractivity contribution is 6.08. The van der Waals surface area contributed by atoms with E-state index in [9.17, 15) is 0 Å². The van der Waals surface area contributed by atoms with Crippen LogP contribution in [0.4, 0.5) is 0 Å². The Morgan fingerprint density at radius 2 is 1.60 bits per heavy atom. The molecule has 1 aliphatic rings. The van der Waals surface area contributed by atoms with Crippen LogP contribution in [0.5, 0.6) is 0 Å². The monoisotopic (exact) mass is 260 g/mol. The number of hydrogen-bond donors (Lipinski definition) is 0. The van der Waals surface area contributed by atoms with Crippen molar-refractivity contribution in [3.05, 3.63) is 59.7 Å². The van der Waals surface area contributed by atoms with Crippen molar-refractivity contribution in [1.82, 2.24) is 0 Å². The fourth-order valence-electron chi connectivity index (χ4n) is 3.68. The van der Waals surface area contributed by atoms with Gasteiger partial charge in [-0.25, -0.2) is 0 Å². The van der Waals surface area contributed by atoms with Gasteiger partial charge in [0.15, 0.2) is 0 Å². The summed E-state index contributed by atoms with van der Waals surface area (Å²) in [5.41, 5.74) is 3.59. The normalized spacial score (nSPS) is 17.3. The van der Waals surface area contributed by atoms with Gasteiger partial charge in [-0.05, 0) is 57.3 Å². The summed E-state index contributed by atoms with van der Waals surface area (Å²) in [5, 5.41) is 5.61. The molecule has 0 unspecified atom stereocenters. The molecule has 3 aromatic carbocycles. The molecule has 0 N–H and O–H groups in total. The maximum absolute atomic E-state index is 2.40. The van der Waals surface area contributed by atoms with Crippen LogP contribution in [0.25, 0.3) is 21.5 Å². The van der Waals surface area contributed by atoms with Gasteiger partial charge in [0.1, 0.15) is 0 Å². The third kappa shape index (κ3) is 1.75. The largest absolute Gasteiger partial charge is 0.0616 e. The smallest absolute Gasteiger partial charge is 0.0102 e. The second kappa shape index (κ2) is 4.09.